The predicted molar refractivity (Wildman–Crippen MR) is 70.2 cm³/mol. The zero-order chi connectivity index (χ0) is 13.1. The van der Waals surface area contributed by atoms with Gasteiger partial charge in [0.25, 0.3) is 5.91 Å². The zero-order valence-electron chi connectivity index (χ0n) is 9.50. The van der Waals surface area contributed by atoms with Crippen LogP contribution >= 0.6 is 23.2 Å². The van der Waals surface area contributed by atoms with Crippen molar-refractivity contribution in [2.24, 2.45) is 0 Å². The number of nitrogens with one attached hydrogen (secondary N) is 2. The van der Waals surface area contributed by atoms with Gasteiger partial charge in [-0.3, -0.25) is 9.89 Å². The molecule has 0 saturated heterocycles. The second-order valence-electron chi connectivity index (χ2n) is 3.54. The number of aromatic amines is 1. The summed E-state index contributed by atoms with van der Waals surface area (Å²) in [6.07, 6.45) is 0.679. The molecule has 0 saturated carbocycles. The van der Waals surface area contributed by atoms with E-state index in [1.54, 1.807) is 18.2 Å². The third-order valence-corrected chi connectivity index (χ3v) is 2.81. The number of hydrogen-bond donors (Lipinski definition) is 2. The predicted octanol–water partition coefficient (Wildman–Crippen LogP) is 2.93. The summed E-state index contributed by atoms with van der Waals surface area (Å²) in [6.45, 7) is 1.91. The van der Waals surface area contributed by atoms with Gasteiger partial charge in [-0.05, 0) is 18.2 Å². The largest absolute Gasteiger partial charge is 0.318 e. The van der Waals surface area contributed by atoms with E-state index < -0.39 is 5.91 Å². The van der Waals surface area contributed by atoms with Gasteiger partial charge in [-0.15, -0.1) is 5.10 Å². The van der Waals surface area contributed by atoms with E-state index in [-0.39, 0.29) is 5.82 Å². The summed E-state index contributed by atoms with van der Waals surface area (Å²) in [5, 5.41) is 9.97. The van der Waals surface area contributed by atoms with E-state index in [1.807, 2.05) is 6.92 Å². The zero-order valence-corrected chi connectivity index (χ0v) is 11.0. The van der Waals surface area contributed by atoms with Crippen molar-refractivity contribution >= 4 is 34.8 Å². The van der Waals surface area contributed by atoms with Gasteiger partial charge in [-0.2, -0.15) is 0 Å². The first-order chi connectivity index (χ1) is 8.60. The quantitative estimate of drug-likeness (QED) is 0.910. The molecule has 0 unspecified atom stereocenters. The van der Waals surface area contributed by atoms with E-state index in [1.165, 1.54) is 0 Å². The maximum atomic E-state index is 11.8. The van der Waals surface area contributed by atoms with Crippen LogP contribution < -0.4 is 5.32 Å². The van der Waals surface area contributed by atoms with Crippen LogP contribution in [0, 0.1) is 0 Å². The van der Waals surface area contributed by atoms with Crippen LogP contribution in [0.5, 0.6) is 0 Å². The molecule has 0 aliphatic rings. The number of halogens is 2. The Morgan fingerprint density at radius 2 is 2.22 bits per heavy atom. The standard InChI is InChI=1S/C11H10Cl2N4O/c1-2-9-15-10(17-16-9)11(18)14-8-5-6(12)3-4-7(8)13/h3-5H,2H2,1H3,(H,14,18)(H,15,16,17). The van der Waals surface area contributed by atoms with Crippen molar-refractivity contribution in [1.82, 2.24) is 15.2 Å². The van der Waals surface area contributed by atoms with Gasteiger partial charge >= 0.3 is 0 Å². The van der Waals surface area contributed by atoms with Gasteiger partial charge in [0, 0.05) is 11.4 Å². The molecule has 0 spiro atoms. The Bertz CT molecular complexity index is 582. The molecule has 5 nitrogen and oxygen atoms in total. The van der Waals surface area contributed by atoms with E-state index >= 15 is 0 Å². The molecule has 0 aliphatic heterocycles. The monoisotopic (exact) mass is 284 g/mol. The lowest BCUT2D eigenvalue weighted by Crippen LogP contribution is -2.14. The minimum atomic E-state index is -0.435. The fourth-order valence-electron chi connectivity index (χ4n) is 1.33. The molecule has 2 aromatic rings. The minimum Gasteiger partial charge on any atom is -0.318 e. The Balaban J connectivity index is 2.18. The third kappa shape index (κ3) is 2.80. The summed E-state index contributed by atoms with van der Waals surface area (Å²) in [6, 6.07) is 4.81. The summed E-state index contributed by atoms with van der Waals surface area (Å²) in [7, 11) is 0. The fourth-order valence-corrected chi connectivity index (χ4v) is 1.66. The molecule has 0 aliphatic carbocycles. The number of benzene rings is 1. The lowest BCUT2D eigenvalue weighted by atomic mass is 10.3. The van der Waals surface area contributed by atoms with E-state index in [9.17, 15) is 4.79 Å². The minimum absolute atomic E-state index is 0.0721. The first-order valence-electron chi connectivity index (χ1n) is 5.28. The van der Waals surface area contributed by atoms with Crippen molar-refractivity contribution in [3.63, 3.8) is 0 Å². The van der Waals surface area contributed by atoms with Crippen LogP contribution in [0.4, 0.5) is 5.69 Å². The van der Waals surface area contributed by atoms with Crippen LogP contribution in [0.2, 0.25) is 10.0 Å². The molecule has 2 N–H and O–H groups in total. The maximum absolute atomic E-state index is 11.8. The van der Waals surface area contributed by atoms with E-state index in [4.69, 9.17) is 23.2 Å². The van der Waals surface area contributed by atoms with Crippen LogP contribution in [-0.4, -0.2) is 21.1 Å². The summed E-state index contributed by atoms with van der Waals surface area (Å²) < 4.78 is 0. The number of carbonyl (C=O) groups is 1. The number of H-pyrrole nitrogens is 1. The number of rotatable bonds is 3. The van der Waals surface area contributed by atoms with Gasteiger partial charge in [-0.1, -0.05) is 30.1 Å². The van der Waals surface area contributed by atoms with Crippen molar-refractivity contribution in [1.29, 1.82) is 0 Å². The van der Waals surface area contributed by atoms with Crippen molar-refractivity contribution in [3.05, 3.63) is 39.9 Å². The van der Waals surface area contributed by atoms with Gasteiger partial charge in [0.2, 0.25) is 5.82 Å². The average Bonchev–Trinajstić information content (AvgIpc) is 2.82. The molecule has 18 heavy (non-hydrogen) atoms. The first kappa shape index (κ1) is 12.9. The molecular formula is C11H10Cl2N4O. The molecular weight excluding hydrogens is 275 g/mol. The number of hydrogen-bond acceptors (Lipinski definition) is 3. The summed E-state index contributed by atoms with van der Waals surface area (Å²) >= 11 is 11.8. The highest BCUT2D eigenvalue weighted by molar-refractivity contribution is 6.35. The highest BCUT2D eigenvalue weighted by Gasteiger charge is 2.13. The van der Waals surface area contributed by atoms with Crippen LogP contribution in [0.25, 0.3) is 0 Å². The molecule has 0 radical (unpaired) electrons. The van der Waals surface area contributed by atoms with Crippen molar-refractivity contribution in [3.8, 4) is 0 Å². The van der Waals surface area contributed by atoms with Crippen LogP contribution in [0.15, 0.2) is 18.2 Å². The van der Waals surface area contributed by atoms with Gasteiger partial charge in [0.05, 0.1) is 10.7 Å². The molecule has 2 rings (SSSR count). The van der Waals surface area contributed by atoms with Crippen LogP contribution in [0.1, 0.15) is 23.4 Å². The van der Waals surface area contributed by atoms with E-state index in [0.717, 1.165) is 0 Å². The number of nitrogens with zero attached hydrogens (tertiary/aromatic N) is 2. The Hall–Kier alpha value is -1.59. The van der Waals surface area contributed by atoms with Gasteiger partial charge in [0.15, 0.2) is 0 Å². The lowest BCUT2D eigenvalue weighted by Gasteiger charge is -2.05. The summed E-state index contributed by atoms with van der Waals surface area (Å²) in [4.78, 5) is 15.9. The molecule has 94 valence electrons. The highest BCUT2D eigenvalue weighted by Crippen LogP contribution is 2.25. The Morgan fingerprint density at radius 3 is 2.89 bits per heavy atom. The molecule has 1 aromatic heterocycles. The molecule has 0 fully saturated rings. The van der Waals surface area contributed by atoms with E-state index in [0.29, 0.717) is 28.0 Å². The maximum Gasteiger partial charge on any atom is 0.295 e. The molecule has 1 aromatic carbocycles. The number of carbonyl (C=O) groups excluding carboxylic acids is 1. The SMILES string of the molecule is CCc1nc(C(=O)Nc2cc(Cl)ccc2Cl)n[nH]1. The second-order valence-corrected chi connectivity index (χ2v) is 4.38. The Labute approximate surface area is 114 Å². The molecule has 1 amide bonds. The third-order valence-electron chi connectivity index (χ3n) is 2.25. The summed E-state index contributed by atoms with van der Waals surface area (Å²) in [5.74, 6) is 0.287. The Kier molecular flexibility index (Phi) is 3.84. The van der Waals surface area contributed by atoms with Crippen molar-refractivity contribution < 1.29 is 4.79 Å². The van der Waals surface area contributed by atoms with Gasteiger partial charge < -0.3 is 5.32 Å². The number of aromatic nitrogens is 3. The topological polar surface area (TPSA) is 70.7 Å². The molecule has 1 heterocycles. The van der Waals surface area contributed by atoms with Crippen LogP contribution in [-0.2, 0) is 6.42 Å². The molecule has 0 atom stereocenters. The summed E-state index contributed by atoms with van der Waals surface area (Å²) in [5.41, 5.74) is 0.428. The number of anilines is 1. The molecule has 0 bridgehead atoms. The fraction of sp³-hybridized carbons (Fsp3) is 0.182. The first-order valence-corrected chi connectivity index (χ1v) is 6.03. The number of amides is 1. The van der Waals surface area contributed by atoms with Gasteiger partial charge in [-0.25, -0.2) is 4.98 Å². The number of aryl methyl sites for hydroxylation is 1. The average molecular weight is 285 g/mol. The lowest BCUT2D eigenvalue weighted by molar-refractivity contribution is 0.101. The van der Waals surface area contributed by atoms with E-state index in [2.05, 4.69) is 20.5 Å². The Morgan fingerprint density at radius 1 is 1.44 bits per heavy atom. The smallest absolute Gasteiger partial charge is 0.295 e. The second kappa shape index (κ2) is 5.37. The highest BCUT2D eigenvalue weighted by atomic mass is 35.5. The normalized spacial score (nSPS) is 10.4. The van der Waals surface area contributed by atoms with Crippen molar-refractivity contribution in [2.75, 3.05) is 5.32 Å². The van der Waals surface area contributed by atoms with Crippen molar-refractivity contribution in [2.45, 2.75) is 13.3 Å². The molecule has 7 heteroatoms. The van der Waals surface area contributed by atoms with Crippen LogP contribution in [0.3, 0.4) is 0 Å². The van der Waals surface area contributed by atoms with Gasteiger partial charge in [0.1, 0.15) is 5.82 Å².